The molecular weight excluding hydrogens is 324 g/mol. The molecule has 1 N–H and O–H groups in total. The van der Waals surface area contributed by atoms with Gasteiger partial charge in [0.2, 0.25) is 5.91 Å². The molecule has 0 radical (unpaired) electrons. The second-order valence-electron chi connectivity index (χ2n) is 7.05. The number of likely N-dealkylation sites (tertiary alicyclic amines) is 1. The summed E-state index contributed by atoms with van der Waals surface area (Å²) in [4.78, 5) is 27.0. The highest BCUT2D eigenvalue weighted by Crippen LogP contribution is 2.36. The van der Waals surface area contributed by atoms with Gasteiger partial charge in [-0.15, -0.1) is 0 Å². The Kier molecular flexibility index (Phi) is 5.44. The monoisotopic (exact) mass is 348 g/mol. The van der Waals surface area contributed by atoms with Crippen LogP contribution in [0.1, 0.15) is 49.4 Å². The van der Waals surface area contributed by atoms with Gasteiger partial charge in [-0.2, -0.15) is 0 Å². The maximum Gasteiger partial charge on any atom is 0.253 e. The maximum absolute atomic E-state index is 12.7. The Morgan fingerprint density at radius 1 is 1.17 bits per heavy atom. The lowest BCUT2D eigenvalue weighted by atomic mass is 9.75. The number of halogens is 1. The Morgan fingerprint density at radius 2 is 1.88 bits per heavy atom. The second-order valence-corrected chi connectivity index (χ2v) is 7.46. The summed E-state index contributed by atoms with van der Waals surface area (Å²) in [5.41, 5.74) is 0.407. The van der Waals surface area contributed by atoms with Crippen LogP contribution >= 0.6 is 11.6 Å². The first-order chi connectivity index (χ1) is 11.6. The molecule has 3 rings (SSSR count). The van der Waals surface area contributed by atoms with Gasteiger partial charge in [-0.25, -0.2) is 0 Å². The van der Waals surface area contributed by atoms with Crippen LogP contribution in [0.4, 0.5) is 0 Å². The normalized spacial score (nSPS) is 24.8. The van der Waals surface area contributed by atoms with E-state index in [2.05, 4.69) is 5.32 Å². The number of nitrogens with zero attached hydrogens (tertiary/aromatic N) is 1. The molecular formula is C19H25ClN2O2. The van der Waals surface area contributed by atoms with E-state index in [1.165, 1.54) is 25.7 Å². The molecule has 1 aromatic carbocycles. The van der Waals surface area contributed by atoms with Gasteiger partial charge in [0.15, 0.2) is 0 Å². The van der Waals surface area contributed by atoms with Crippen molar-refractivity contribution in [1.82, 2.24) is 10.2 Å². The average molecular weight is 349 g/mol. The molecule has 0 aromatic heterocycles. The predicted octanol–water partition coefficient (Wildman–Crippen LogP) is 3.50. The van der Waals surface area contributed by atoms with Crippen LogP contribution in [0.2, 0.25) is 5.02 Å². The maximum atomic E-state index is 12.7. The Labute approximate surface area is 148 Å². The highest BCUT2D eigenvalue weighted by Gasteiger charge is 2.34. The molecule has 1 aromatic rings. The van der Waals surface area contributed by atoms with Gasteiger partial charge in [0.05, 0.1) is 10.6 Å². The first kappa shape index (κ1) is 17.3. The lowest BCUT2D eigenvalue weighted by molar-refractivity contribution is -0.135. The van der Waals surface area contributed by atoms with Crippen molar-refractivity contribution in [1.29, 1.82) is 0 Å². The van der Waals surface area contributed by atoms with E-state index in [0.29, 0.717) is 16.5 Å². The quantitative estimate of drug-likeness (QED) is 0.908. The topological polar surface area (TPSA) is 49.4 Å². The van der Waals surface area contributed by atoms with Crippen LogP contribution in [0.5, 0.6) is 0 Å². The number of benzene rings is 1. The first-order valence-corrected chi connectivity index (χ1v) is 9.28. The molecule has 0 bridgehead atoms. The van der Waals surface area contributed by atoms with Crippen molar-refractivity contribution in [2.45, 2.75) is 45.1 Å². The minimum Gasteiger partial charge on any atom is -0.341 e. The van der Waals surface area contributed by atoms with Crippen LogP contribution in [0.15, 0.2) is 24.3 Å². The van der Waals surface area contributed by atoms with Crippen molar-refractivity contribution < 1.29 is 9.59 Å². The van der Waals surface area contributed by atoms with Gasteiger partial charge in [0.1, 0.15) is 6.04 Å². The summed E-state index contributed by atoms with van der Waals surface area (Å²) in [7, 11) is 0. The second kappa shape index (κ2) is 7.56. The van der Waals surface area contributed by atoms with E-state index < -0.39 is 6.04 Å². The van der Waals surface area contributed by atoms with Crippen LogP contribution in [0.3, 0.4) is 0 Å². The van der Waals surface area contributed by atoms with Crippen LogP contribution in [-0.2, 0) is 4.79 Å². The standard InChI is InChI=1S/C19H25ClN2O2/c1-13(21-18(23)16-8-4-5-9-17(16)20)19(24)22-11-10-14-6-2-3-7-15(14)12-22/h4-5,8-9,13-15H,2-3,6-7,10-12H2,1H3,(H,21,23)/t13-,14+,15+/m0/s1. The summed E-state index contributed by atoms with van der Waals surface area (Å²) in [6.45, 7) is 3.41. The summed E-state index contributed by atoms with van der Waals surface area (Å²) >= 11 is 6.05. The summed E-state index contributed by atoms with van der Waals surface area (Å²) in [6, 6.07) is 6.36. The highest BCUT2D eigenvalue weighted by molar-refractivity contribution is 6.33. The van der Waals surface area contributed by atoms with Crippen molar-refractivity contribution in [3.63, 3.8) is 0 Å². The number of fused-ring (bicyclic) bond motifs is 1. The molecule has 4 nitrogen and oxygen atoms in total. The molecule has 2 fully saturated rings. The number of hydrogen-bond acceptors (Lipinski definition) is 2. The van der Waals surface area contributed by atoms with E-state index >= 15 is 0 Å². The van der Waals surface area contributed by atoms with E-state index in [0.717, 1.165) is 25.4 Å². The van der Waals surface area contributed by atoms with Crippen molar-refractivity contribution in [2.75, 3.05) is 13.1 Å². The van der Waals surface area contributed by atoms with E-state index in [-0.39, 0.29) is 11.8 Å². The number of hydrogen-bond donors (Lipinski definition) is 1. The van der Waals surface area contributed by atoms with Crippen LogP contribution < -0.4 is 5.32 Å². The zero-order valence-corrected chi connectivity index (χ0v) is 14.9. The van der Waals surface area contributed by atoms with Crippen molar-refractivity contribution in [3.05, 3.63) is 34.9 Å². The third-order valence-corrected chi connectivity index (χ3v) is 5.77. The van der Waals surface area contributed by atoms with E-state index in [1.54, 1.807) is 31.2 Å². The molecule has 24 heavy (non-hydrogen) atoms. The third-order valence-electron chi connectivity index (χ3n) is 5.44. The SMILES string of the molecule is C[C@H](NC(=O)c1ccccc1Cl)C(=O)N1CC[C@H]2CCCC[C@@H]2C1. The Bertz CT molecular complexity index is 619. The minimum atomic E-state index is -0.533. The van der Waals surface area contributed by atoms with Gasteiger partial charge >= 0.3 is 0 Å². The lowest BCUT2D eigenvalue weighted by Gasteiger charge is -2.42. The smallest absolute Gasteiger partial charge is 0.253 e. The van der Waals surface area contributed by atoms with E-state index in [4.69, 9.17) is 11.6 Å². The number of carbonyl (C=O) groups excluding carboxylic acids is 2. The molecule has 3 atom stereocenters. The number of amides is 2. The third kappa shape index (κ3) is 3.75. The van der Waals surface area contributed by atoms with Crippen LogP contribution in [0, 0.1) is 11.8 Å². The molecule has 2 aliphatic rings. The summed E-state index contributed by atoms with van der Waals surface area (Å²) < 4.78 is 0. The van der Waals surface area contributed by atoms with E-state index in [9.17, 15) is 9.59 Å². The summed E-state index contributed by atoms with van der Waals surface area (Å²) in [5, 5.41) is 3.19. The molecule has 0 spiro atoms. The number of piperidine rings is 1. The van der Waals surface area contributed by atoms with Gasteiger partial charge in [0, 0.05) is 13.1 Å². The van der Waals surface area contributed by atoms with Gasteiger partial charge in [-0.1, -0.05) is 43.0 Å². The summed E-state index contributed by atoms with van der Waals surface area (Å²) in [5.74, 6) is 1.15. The fourth-order valence-electron chi connectivity index (χ4n) is 4.06. The molecule has 1 saturated carbocycles. The number of nitrogens with one attached hydrogen (secondary N) is 1. The predicted molar refractivity (Wildman–Crippen MR) is 95.0 cm³/mol. The highest BCUT2D eigenvalue weighted by atomic mass is 35.5. The lowest BCUT2D eigenvalue weighted by Crippen LogP contribution is -2.52. The van der Waals surface area contributed by atoms with Crippen LogP contribution in [-0.4, -0.2) is 35.8 Å². The molecule has 1 heterocycles. The first-order valence-electron chi connectivity index (χ1n) is 8.90. The molecule has 2 amide bonds. The van der Waals surface area contributed by atoms with Gasteiger partial charge in [-0.3, -0.25) is 9.59 Å². The molecule has 130 valence electrons. The Hall–Kier alpha value is -1.55. The van der Waals surface area contributed by atoms with Crippen LogP contribution in [0.25, 0.3) is 0 Å². The molecule has 1 aliphatic heterocycles. The largest absolute Gasteiger partial charge is 0.341 e. The van der Waals surface area contributed by atoms with Gasteiger partial charge < -0.3 is 10.2 Å². The average Bonchev–Trinajstić information content (AvgIpc) is 2.60. The molecule has 1 saturated heterocycles. The van der Waals surface area contributed by atoms with Crippen molar-refractivity contribution in [3.8, 4) is 0 Å². The molecule has 0 unspecified atom stereocenters. The Balaban J connectivity index is 1.58. The Morgan fingerprint density at radius 3 is 2.62 bits per heavy atom. The molecule has 5 heteroatoms. The van der Waals surface area contributed by atoms with Gasteiger partial charge in [-0.05, 0) is 43.7 Å². The van der Waals surface area contributed by atoms with Crippen molar-refractivity contribution >= 4 is 23.4 Å². The molecule has 1 aliphatic carbocycles. The number of carbonyl (C=O) groups is 2. The zero-order valence-electron chi connectivity index (χ0n) is 14.1. The zero-order chi connectivity index (χ0) is 17.1. The van der Waals surface area contributed by atoms with Gasteiger partial charge in [0.25, 0.3) is 5.91 Å². The number of rotatable bonds is 3. The van der Waals surface area contributed by atoms with Crippen molar-refractivity contribution in [2.24, 2.45) is 11.8 Å². The fourth-order valence-corrected chi connectivity index (χ4v) is 4.28. The van der Waals surface area contributed by atoms with E-state index in [1.807, 2.05) is 4.90 Å². The minimum absolute atomic E-state index is 0.0134. The fraction of sp³-hybridized carbons (Fsp3) is 0.579. The summed E-state index contributed by atoms with van der Waals surface area (Å²) in [6.07, 6.45) is 6.25.